The molecule has 4 aromatic rings. The first-order valence-electron chi connectivity index (χ1n) is 19.1. The van der Waals surface area contributed by atoms with E-state index in [1.807, 2.05) is 43.0 Å². The number of hydrogen-bond acceptors (Lipinski definition) is 13. The third kappa shape index (κ3) is 9.16. The highest BCUT2D eigenvalue weighted by molar-refractivity contribution is 7.99. The molecule has 3 aliphatic heterocycles. The number of thioether (sulfide) groups is 1. The summed E-state index contributed by atoms with van der Waals surface area (Å²) < 4.78 is 0. The number of nitrogens with one attached hydrogen (secondary N) is 3. The first-order valence-corrected chi connectivity index (χ1v) is 21.3. The number of carbonyl (C=O) groups excluding carboxylic acids is 6. The predicted octanol–water partition coefficient (Wildman–Crippen LogP) is 5.99. The molecule has 0 saturated carbocycles. The zero-order chi connectivity index (χ0) is 40.9. The summed E-state index contributed by atoms with van der Waals surface area (Å²) in [5.74, 6) is 0.390. The Hall–Kier alpha value is -5.39. The number of thiazole rings is 1. The number of carbonyl (C=O) groups is 6. The summed E-state index contributed by atoms with van der Waals surface area (Å²) in [6, 6.07) is 11.4. The van der Waals surface area contributed by atoms with Crippen molar-refractivity contribution < 1.29 is 28.8 Å². The Balaban J connectivity index is 0.821. The number of hydrogen-bond donors (Lipinski definition) is 3. The number of halogens is 1. The van der Waals surface area contributed by atoms with Gasteiger partial charge in [0.25, 0.3) is 17.7 Å². The molecule has 6 amide bonds. The maximum atomic E-state index is 13.3. The Kier molecular flexibility index (Phi) is 12.7. The van der Waals surface area contributed by atoms with Gasteiger partial charge in [-0.3, -0.25) is 39.0 Å². The van der Waals surface area contributed by atoms with Crippen LogP contribution in [-0.2, 0) is 14.4 Å². The highest BCUT2D eigenvalue weighted by Crippen LogP contribution is 2.35. The molecule has 2 aromatic heterocycles. The zero-order valence-electron chi connectivity index (χ0n) is 32.0. The third-order valence-corrected chi connectivity index (χ3v) is 12.5. The molecule has 1 unspecified atom stereocenters. The van der Waals surface area contributed by atoms with Gasteiger partial charge in [-0.05, 0) is 62.6 Å². The lowest BCUT2D eigenvalue weighted by molar-refractivity contribution is -0.136. The summed E-state index contributed by atoms with van der Waals surface area (Å²) in [4.78, 5) is 96.1. The van der Waals surface area contributed by atoms with Crippen molar-refractivity contribution in [2.45, 2.75) is 69.7 Å². The molecule has 3 aliphatic rings. The molecule has 0 radical (unpaired) electrons. The van der Waals surface area contributed by atoms with Crippen LogP contribution < -0.4 is 20.9 Å². The fraction of sp³-hybridized carbons (Fsp3) is 0.375. The molecule has 302 valence electrons. The molecule has 18 heteroatoms. The van der Waals surface area contributed by atoms with Crippen molar-refractivity contribution in [1.29, 1.82) is 0 Å². The molecule has 5 heterocycles. The van der Waals surface area contributed by atoms with Crippen molar-refractivity contribution in [3.8, 4) is 0 Å². The summed E-state index contributed by atoms with van der Waals surface area (Å²) in [5, 5.41) is 9.26. The maximum Gasteiger partial charge on any atom is 0.267 e. The molecule has 2 saturated heterocycles. The van der Waals surface area contributed by atoms with Crippen LogP contribution in [0.4, 0.5) is 22.5 Å². The summed E-state index contributed by atoms with van der Waals surface area (Å²) >= 11 is 8.98. The van der Waals surface area contributed by atoms with E-state index in [-0.39, 0.29) is 30.2 Å². The average molecular weight is 844 g/mol. The normalized spacial score (nSPS) is 16.7. The van der Waals surface area contributed by atoms with Crippen LogP contribution in [0.1, 0.15) is 86.7 Å². The van der Waals surface area contributed by atoms with E-state index in [0.717, 1.165) is 47.7 Å². The maximum absolute atomic E-state index is 13.3. The lowest BCUT2D eigenvalue weighted by atomic mass is 10.0. The molecule has 3 N–H and O–H groups in total. The van der Waals surface area contributed by atoms with Crippen molar-refractivity contribution >= 4 is 92.6 Å². The number of para-hydroxylation sites is 1. The van der Waals surface area contributed by atoms with Gasteiger partial charge < -0.3 is 20.4 Å². The van der Waals surface area contributed by atoms with Gasteiger partial charge in [-0.1, -0.05) is 54.0 Å². The van der Waals surface area contributed by atoms with E-state index in [2.05, 4.69) is 35.8 Å². The van der Waals surface area contributed by atoms with Gasteiger partial charge in [0.1, 0.15) is 28.4 Å². The van der Waals surface area contributed by atoms with Crippen LogP contribution in [0.25, 0.3) is 0 Å². The molecule has 2 fully saturated rings. The molecule has 0 aliphatic carbocycles. The van der Waals surface area contributed by atoms with Gasteiger partial charge in [0.05, 0.1) is 28.0 Å². The first kappa shape index (κ1) is 40.8. The number of anilines is 4. The van der Waals surface area contributed by atoms with E-state index < -0.39 is 29.7 Å². The molecule has 1 atom stereocenters. The van der Waals surface area contributed by atoms with Crippen molar-refractivity contribution in [3.63, 3.8) is 0 Å². The number of imide groups is 2. The van der Waals surface area contributed by atoms with E-state index in [1.54, 1.807) is 18.2 Å². The molecule has 2 aromatic carbocycles. The predicted molar refractivity (Wildman–Crippen MR) is 222 cm³/mol. The van der Waals surface area contributed by atoms with Gasteiger partial charge in [0.15, 0.2) is 5.13 Å². The van der Waals surface area contributed by atoms with Crippen LogP contribution in [0, 0.1) is 13.8 Å². The highest BCUT2D eigenvalue weighted by atomic mass is 35.5. The van der Waals surface area contributed by atoms with Crippen LogP contribution in [0.2, 0.25) is 5.02 Å². The fourth-order valence-electron chi connectivity index (χ4n) is 7.15. The number of unbranched alkanes of at least 4 members (excludes halogenated alkanes) is 3. The highest BCUT2D eigenvalue weighted by Gasteiger charge is 2.45. The second kappa shape index (κ2) is 18.0. The minimum atomic E-state index is -0.992. The molecule has 7 rings (SSSR count). The Morgan fingerprint density at radius 1 is 0.966 bits per heavy atom. The van der Waals surface area contributed by atoms with Crippen LogP contribution in [0.15, 0.2) is 53.6 Å². The summed E-state index contributed by atoms with van der Waals surface area (Å²) in [5.41, 5.74) is 2.02. The van der Waals surface area contributed by atoms with Crippen LogP contribution in [0.3, 0.4) is 0 Å². The standard InChI is InChI=1S/C40H42ClN9O6S2/c1-23-9-7-11-26(41)35(23)47-37(54)29-22-42-40(58-29)45-30-21-31(44-24(2)43-30)48-16-18-49(19-17-48)33(52)13-5-3-4-6-20-57-28-12-8-10-25-34(28)39(56)50(38(25)55)27-14-15-32(51)46-36(27)53/h7-12,21-22,27H,3-6,13-20H2,1-2H3,(H,47,54)(H,46,51,53)(H,42,43,44,45). The summed E-state index contributed by atoms with van der Waals surface area (Å²) in [7, 11) is 0. The van der Waals surface area contributed by atoms with Gasteiger partial charge in [0, 0.05) is 50.0 Å². The van der Waals surface area contributed by atoms with Crippen molar-refractivity contribution in [2.75, 3.05) is 47.5 Å². The minimum absolute atomic E-state index is 0.0754. The van der Waals surface area contributed by atoms with Crippen molar-refractivity contribution in [3.05, 3.63) is 81.1 Å². The van der Waals surface area contributed by atoms with Crippen LogP contribution >= 0.6 is 34.7 Å². The number of piperazine rings is 1. The topological polar surface area (TPSA) is 187 Å². The van der Waals surface area contributed by atoms with E-state index in [4.69, 9.17) is 11.6 Å². The van der Waals surface area contributed by atoms with Gasteiger partial charge >= 0.3 is 0 Å². The smallest absolute Gasteiger partial charge is 0.267 e. The minimum Gasteiger partial charge on any atom is -0.353 e. The number of nitrogens with zero attached hydrogens (tertiary/aromatic N) is 6. The van der Waals surface area contributed by atoms with E-state index in [0.29, 0.717) is 75.4 Å². The van der Waals surface area contributed by atoms with Gasteiger partial charge in [0.2, 0.25) is 17.7 Å². The fourth-order valence-corrected chi connectivity index (χ4v) is 9.22. The van der Waals surface area contributed by atoms with Crippen molar-refractivity contribution in [1.82, 2.24) is 30.1 Å². The molecule has 0 bridgehead atoms. The Morgan fingerprint density at radius 3 is 2.52 bits per heavy atom. The Morgan fingerprint density at radius 2 is 1.74 bits per heavy atom. The second-order valence-corrected chi connectivity index (χ2v) is 16.8. The molecular formula is C40H42ClN9O6S2. The largest absolute Gasteiger partial charge is 0.353 e. The van der Waals surface area contributed by atoms with E-state index >= 15 is 0 Å². The molecule has 0 spiro atoms. The number of aromatic nitrogens is 3. The van der Waals surface area contributed by atoms with E-state index in [1.165, 1.54) is 29.3 Å². The molecular weight excluding hydrogens is 802 g/mol. The van der Waals surface area contributed by atoms with Gasteiger partial charge in [-0.15, -0.1) is 11.8 Å². The van der Waals surface area contributed by atoms with Crippen LogP contribution in [0.5, 0.6) is 0 Å². The lowest BCUT2D eigenvalue weighted by Gasteiger charge is -2.35. The SMILES string of the molecule is Cc1nc(Nc2ncc(C(=O)Nc3c(C)cccc3Cl)s2)cc(N2CCN(C(=O)CCCCCCSc3cccc4c3C(=O)N(C3CCC(=O)NC3=O)C4=O)CC2)n1. The quantitative estimate of drug-likeness (QED) is 0.0766. The number of rotatable bonds is 14. The molecule has 15 nitrogen and oxygen atoms in total. The number of piperidine rings is 1. The monoisotopic (exact) mass is 843 g/mol. The summed E-state index contributed by atoms with van der Waals surface area (Å²) in [6.07, 6.45) is 5.63. The Labute approximate surface area is 348 Å². The zero-order valence-corrected chi connectivity index (χ0v) is 34.4. The number of benzene rings is 2. The summed E-state index contributed by atoms with van der Waals surface area (Å²) in [6.45, 7) is 6.12. The Bertz CT molecular complexity index is 2260. The van der Waals surface area contributed by atoms with Crippen LogP contribution in [-0.4, -0.2) is 98.2 Å². The number of amides is 6. The molecule has 58 heavy (non-hydrogen) atoms. The second-order valence-electron chi connectivity index (χ2n) is 14.2. The average Bonchev–Trinajstić information content (AvgIpc) is 3.77. The lowest BCUT2D eigenvalue weighted by Crippen LogP contribution is -2.54. The number of fused-ring (bicyclic) bond motifs is 1. The first-order chi connectivity index (χ1) is 28.0. The van der Waals surface area contributed by atoms with Crippen molar-refractivity contribution in [2.24, 2.45) is 0 Å². The van der Waals surface area contributed by atoms with E-state index in [9.17, 15) is 28.8 Å². The van der Waals surface area contributed by atoms with Gasteiger partial charge in [-0.2, -0.15) is 0 Å². The third-order valence-electron chi connectivity index (χ3n) is 10.2. The van der Waals surface area contributed by atoms with Gasteiger partial charge in [-0.25, -0.2) is 15.0 Å². The number of aryl methyl sites for hydroxylation is 2.